The van der Waals surface area contributed by atoms with E-state index in [-0.39, 0.29) is 0 Å². The molecule has 1 saturated carbocycles. The first kappa shape index (κ1) is 31.6. The molecule has 0 amide bonds. The Bertz CT molecular complexity index is 2170. The van der Waals surface area contributed by atoms with Crippen molar-refractivity contribution < 1.29 is 35.1 Å². The summed E-state index contributed by atoms with van der Waals surface area (Å²) in [6.07, 6.45) is 1.66. The fourth-order valence-electron chi connectivity index (χ4n) is 4.45. The number of halogens is 8. The van der Waals surface area contributed by atoms with E-state index in [1.165, 1.54) is 18.2 Å². The number of benzene rings is 2. The Morgan fingerprint density at radius 3 is 0.935 bits per heavy atom. The van der Waals surface area contributed by atoms with Crippen molar-refractivity contribution in [3.8, 4) is 42.5 Å². The molecule has 2 aromatic carbocycles. The van der Waals surface area contributed by atoms with Gasteiger partial charge in [-0.3, -0.25) is 4.98 Å². The standard InChI is InChI=1S/C30H2F8N8/c31-23-15(6-44)24(32)28(36)21(27(23)35)13(4-42)19-18(12(3-41)17-10(1-39)8-46-9-11(17)2-40)20(19)14(5-43)22-29(37)25(33)16(7-45)26(34)30(22)38/h8-9H. The van der Waals surface area contributed by atoms with Crippen LogP contribution in [-0.2, 0) is 0 Å². The van der Waals surface area contributed by atoms with Crippen molar-refractivity contribution >= 4 is 16.7 Å². The molecule has 218 valence electrons. The molecule has 8 nitrogen and oxygen atoms in total. The number of hydrogen-bond donors (Lipinski definition) is 0. The van der Waals surface area contributed by atoms with Gasteiger partial charge in [0.05, 0.1) is 39.0 Å². The molecule has 0 saturated heterocycles. The maximum atomic E-state index is 15.1. The van der Waals surface area contributed by atoms with Crippen LogP contribution in [0.1, 0.15) is 38.9 Å². The molecule has 16 heteroatoms. The highest BCUT2D eigenvalue weighted by molar-refractivity contribution is 6.12. The van der Waals surface area contributed by atoms with Gasteiger partial charge in [0.1, 0.15) is 53.6 Å². The molecule has 1 aliphatic rings. The quantitative estimate of drug-likeness (QED) is 0.195. The number of aromatic nitrogens is 1. The maximum absolute atomic E-state index is 15.1. The Hall–Kier alpha value is -7.32. The molecule has 1 aliphatic carbocycles. The van der Waals surface area contributed by atoms with Gasteiger partial charge in [-0.05, 0) is 0 Å². The Kier molecular flexibility index (Phi) is 8.08. The van der Waals surface area contributed by atoms with E-state index in [4.69, 9.17) is 10.5 Å². The van der Waals surface area contributed by atoms with Crippen LogP contribution < -0.4 is 0 Å². The van der Waals surface area contributed by atoms with Crippen LogP contribution in [0.25, 0.3) is 16.7 Å². The summed E-state index contributed by atoms with van der Waals surface area (Å²) in [5.41, 5.74) is -15.6. The normalized spacial score (nSPS) is 13.5. The average Bonchev–Trinajstić information content (AvgIpc) is 3.77. The minimum absolute atomic E-state index is 0.536. The van der Waals surface area contributed by atoms with E-state index < -0.39 is 119 Å². The largest absolute Gasteiger partial charge is 0.262 e. The molecule has 1 fully saturated rings. The summed E-state index contributed by atoms with van der Waals surface area (Å²) in [4.78, 5) is 3.61. The smallest absolute Gasteiger partial charge is 0.180 e. The van der Waals surface area contributed by atoms with E-state index in [1.807, 2.05) is 0 Å². The first-order valence-corrected chi connectivity index (χ1v) is 11.7. The molecular formula is C30H2F8N8. The van der Waals surface area contributed by atoms with Crippen LogP contribution in [0, 0.1) is 126 Å². The summed E-state index contributed by atoms with van der Waals surface area (Å²) in [6, 6.07) is 8.75. The van der Waals surface area contributed by atoms with Crippen molar-refractivity contribution in [1.82, 2.24) is 4.98 Å². The van der Waals surface area contributed by atoms with Crippen LogP contribution in [0.5, 0.6) is 0 Å². The highest BCUT2D eigenvalue weighted by atomic mass is 19.2. The molecule has 0 N–H and O–H groups in total. The number of allylic oxidation sites excluding steroid dienone is 6. The monoisotopic (exact) mass is 626 g/mol. The Labute approximate surface area is 251 Å². The molecule has 0 bridgehead atoms. The first-order valence-electron chi connectivity index (χ1n) is 11.7. The lowest BCUT2D eigenvalue weighted by atomic mass is 9.96. The van der Waals surface area contributed by atoms with Gasteiger partial charge in [-0.25, -0.2) is 35.1 Å². The number of nitrogens with zero attached hydrogens (tertiary/aromatic N) is 8. The van der Waals surface area contributed by atoms with Gasteiger partial charge < -0.3 is 0 Å². The SMILES string of the molecule is N#CC(=C1C(=C(C#N)c2c(F)c(F)c(C#N)c(F)c2F)C1=C(C#N)c1c(F)c(F)c(C#N)c(F)c1F)c1c(C#N)cncc1C#N. The highest BCUT2D eigenvalue weighted by Crippen LogP contribution is 2.57. The summed E-state index contributed by atoms with van der Waals surface area (Å²) in [7, 11) is 0. The fraction of sp³-hybridized carbons (Fsp3) is 0. The minimum atomic E-state index is -2.34. The average molecular weight is 626 g/mol. The number of rotatable bonds is 3. The molecule has 0 atom stereocenters. The lowest BCUT2D eigenvalue weighted by Crippen LogP contribution is -2.06. The zero-order chi connectivity index (χ0) is 34.2. The van der Waals surface area contributed by atoms with Gasteiger partial charge in [-0.2, -0.15) is 36.8 Å². The van der Waals surface area contributed by atoms with Gasteiger partial charge in [0.25, 0.3) is 0 Å². The predicted octanol–water partition coefficient (Wildman–Crippen LogP) is 5.93. The lowest BCUT2D eigenvalue weighted by molar-refractivity contribution is 0.446. The molecule has 0 radical (unpaired) electrons. The van der Waals surface area contributed by atoms with Gasteiger partial charge in [0.2, 0.25) is 0 Å². The summed E-state index contributed by atoms with van der Waals surface area (Å²) >= 11 is 0. The van der Waals surface area contributed by atoms with E-state index in [0.29, 0.717) is 0 Å². The molecule has 1 heterocycles. The number of pyridine rings is 1. The molecule has 4 rings (SSSR count). The molecule has 0 spiro atoms. The first-order chi connectivity index (χ1) is 21.9. The van der Waals surface area contributed by atoms with E-state index >= 15 is 17.6 Å². The second kappa shape index (κ2) is 11.8. The second-order valence-corrected chi connectivity index (χ2v) is 8.65. The highest BCUT2D eigenvalue weighted by Gasteiger charge is 2.45. The summed E-state index contributed by atoms with van der Waals surface area (Å²) < 4.78 is 119. The molecule has 0 unspecified atom stereocenters. The van der Waals surface area contributed by atoms with Crippen LogP contribution in [0.3, 0.4) is 0 Å². The summed E-state index contributed by atoms with van der Waals surface area (Å²) in [6.45, 7) is 0. The zero-order valence-corrected chi connectivity index (χ0v) is 21.8. The van der Waals surface area contributed by atoms with Crippen LogP contribution in [0.4, 0.5) is 35.1 Å². The van der Waals surface area contributed by atoms with Crippen molar-refractivity contribution in [2.24, 2.45) is 0 Å². The van der Waals surface area contributed by atoms with Crippen LogP contribution in [0.2, 0.25) is 0 Å². The van der Waals surface area contributed by atoms with Crippen molar-refractivity contribution in [3.63, 3.8) is 0 Å². The molecule has 0 aliphatic heterocycles. The third kappa shape index (κ3) is 4.43. The molecular weight excluding hydrogens is 624 g/mol. The topological polar surface area (TPSA) is 179 Å². The third-order valence-corrected chi connectivity index (χ3v) is 6.46. The second-order valence-electron chi connectivity index (χ2n) is 8.65. The third-order valence-electron chi connectivity index (χ3n) is 6.46. The molecule has 1 aromatic heterocycles. The van der Waals surface area contributed by atoms with Gasteiger partial charge in [0, 0.05) is 34.7 Å². The van der Waals surface area contributed by atoms with Gasteiger partial charge in [-0.15, -0.1) is 0 Å². The fourth-order valence-corrected chi connectivity index (χ4v) is 4.45. The van der Waals surface area contributed by atoms with Crippen LogP contribution in [0.15, 0.2) is 29.1 Å². The molecule has 46 heavy (non-hydrogen) atoms. The Balaban J connectivity index is 2.36. The lowest BCUT2D eigenvalue weighted by Gasteiger charge is -2.08. The van der Waals surface area contributed by atoms with Crippen molar-refractivity contribution in [2.75, 3.05) is 0 Å². The van der Waals surface area contributed by atoms with Crippen LogP contribution >= 0.6 is 0 Å². The van der Waals surface area contributed by atoms with Crippen LogP contribution in [-0.4, -0.2) is 4.98 Å². The van der Waals surface area contributed by atoms with E-state index in [0.717, 1.165) is 24.5 Å². The van der Waals surface area contributed by atoms with Crippen molar-refractivity contribution in [2.45, 2.75) is 0 Å². The predicted molar refractivity (Wildman–Crippen MR) is 133 cm³/mol. The van der Waals surface area contributed by atoms with E-state index in [2.05, 4.69) is 4.98 Å². The van der Waals surface area contributed by atoms with Gasteiger partial charge in [0.15, 0.2) is 46.5 Å². The van der Waals surface area contributed by atoms with Gasteiger partial charge >= 0.3 is 0 Å². The zero-order valence-electron chi connectivity index (χ0n) is 21.8. The van der Waals surface area contributed by atoms with E-state index in [9.17, 15) is 43.9 Å². The van der Waals surface area contributed by atoms with E-state index in [1.54, 1.807) is 12.1 Å². The summed E-state index contributed by atoms with van der Waals surface area (Å²) in [5, 5.41) is 66.9. The van der Waals surface area contributed by atoms with Crippen molar-refractivity contribution in [3.05, 3.63) is 115 Å². The number of hydrogen-bond acceptors (Lipinski definition) is 8. The van der Waals surface area contributed by atoms with Crippen molar-refractivity contribution in [1.29, 1.82) is 36.8 Å². The maximum Gasteiger partial charge on any atom is 0.180 e. The Morgan fingerprint density at radius 1 is 0.413 bits per heavy atom. The van der Waals surface area contributed by atoms with Gasteiger partial charge in [-0.1, -0.05) is 0 Å². The molecule has 3 aromatic rings. The number of nitriles is 7. The Morgan fingerprint density at radius 2 is 0.696 bits per heavy atom. The minimum Gasteiger partial charge on any atom is -0.262 e. The summed E-state index contributed by atoms with van der Waals surface area (Å²) in [5.74, 6) is -18.5.